The lowest BCUT2D eigenvalue weighted by molar-refractivity contribution is -0.150. The molecule has 1 aromatic heterocycles. The Morgan fingerprint density at radius 3 is 1.87 bits per heavy atom. The highest BCUT2D eigenvalue weighted by Crippen LogP contribution is 2.30. The number of rotatable bonds is 13. The van der Waals surface area contributed by atoms with Gasteiger partial charge in [-0.15, -0.1) is 0 Å². The SMILES string of the molecule is N#Cc1cc([C@@H](OCc2ccccc2)[C@@H](OCc2ccccc2)[C@H](O)COCc2ccccc2)cnc1N. The zero-order valence-electron chi connectivity index (χ0n) is 21.0. The smallest absolute Gasteiger partial charge is 0.141 e. The maximum atomic E-state index is 11.3. The molecule has 1 heterocycles. The molecule has 0 bridgehead atoms. The minimum absolute atomic E-state index is 0.0209. The maximum Gasteiger partial charge on any atom is 0.141 e. The van der Waals surface area contributed by atoms with Crippen LogP contribution in [-0.4, -0.2) is 28.9 Å². The highest BCUT2D eigenvalue weighted by atomic mass is 16.6. The summed E-state index contributed by atoms with van der Waals surface area (Å²) in [5.41, 5.74) is 9.59. The van der Waals surface area contributed by atoms with Gasteiger partial charge < -0.3 is 25.1 Å². The molecular weight excluding hydrogens is 478 g/mol. The van der Waals surface area contributed by atoms with Crippen LogP contribution in [0.1, 0.15) is 33.9 Å². The maximum absolute atomic E-state index is 11.3. The predicted molar refractivity (Wildman–Crippen MR) is 144 cm³/mol. The van der Waals surface area contributed by atoms with Crippen molar-refractivity contribution < 1.29 is 19.3 Å². The summed E-state index contributed by atoms with van der Waals surface area (Å²) in [6, 6.07) is 32.9. The van der Waals surface area contributed by atoms with Crippen LogP contribution in [0.4, 0.5) is 5.82 Å². The van der Waals surface area contributed by atoms with E-state index in [-0.39, 0.29) is 31.2 Å². The van der Waals surface area contributed by atoms with Crippen LogP contribution in [0.25, 0.3) is 0 Å². The summed E-state index contributed by atoms with van der Waals surface area (Å²) in [6.45, 7) is 0.883. The Morgan fingerprint density at radius 2 is 1.32 bits per heavy atom. The van der Waals surface area contributed by atoms with E-state index in [2.05, 4.69) is 11.1 Å². The first-order valence-corrected chi connectivity index (χ1v) is 12.4. The van der Waals surface area contributed by atoms with E-state index in [1.165, 1.54) is 0 Å². The van der Waals surface area contributed by atoms with E-state index in [9.17, 15) is 10.4 Å². The van der Waals surface area contributed by atoms with E-state index in [1.807, 2.05) is 91.0 Å². The summed E-state index contributed by atoms with van der Waals surface area (Å²) in [6.07, 6.45) is -1.06. The molecule has 0 aliphatic carbocycles. The minimum atomic E-state index is -1.04. The van der Waals surface area contributed by atoms with Gasteiger partial charge in [-0.05, 0) is 22.8 Å². The van der Waals surface area contributed by atoms with Crippen molar-refractivity contribution in [2.45, 2.75) is 38.1 Å². The molecule has 3 N–H and O–H groups in total. The lowest BCUT2D eigenvalue weighted by atomic mass is 9.99. The number of aliphatic hydroxyl groups excluding tert-OH is 1. The number of aliphatic hydroxyl groups is 1. The van der Waals surface area contributed by atoms with Crippen LogP contribution in [0, 0.1) is 11.3 Å². The summed E-state index contributed by atoms with van der Waals surface area (Å²) in [7, 11) is 0. The summed E-state index contributed by atoms with van der Waals surface area (Å²) >= 11 is 0. The standard InChI is InChI=1S/C31H31N3O4/c32-17-26-16-27(18-34-31(26)33)29(37-20-24-12-6-2-7-13-24)30(38-21-25-14-8-3-9-15-25)28(35)22-36-19-23-10-4-1-5-11-23/h1-16,18,28-30,35H,19-22H2,(H2,33,34)/t28-,29-,30+/m1/s1. The molecule has 4 aromatic rings. The average molecular weight is 510 g/mol. The van der Waals surface area contributed by atoms with Crippen molar-refractivity contribution >= 4 is 5.82 Å². The molecule has 0 aliphatic rings. The third kappa shape index (κ3) is 7.72. The molecule has 0 saturated heterocycles. The highest BCUT2D eigenvalue weighted by molar-refractivity contribution is 5.49. The fraction of sp³-hybridized carbons (Fsp3) is 0.226. The van der Waals surface area contributed by atoms with Gasteiger partial charge in [-0.3, -0.25) is 0 Å². The second-order valence-corrected chi connectivity index (χ2v) is 8.86. The molecule has 0 spiro atoms. The zero-order valence-corrected chi connectivity index (χ0v) is 21.0. The van der Waals surface area contributed by atoms with Crippen LogP contribution in [-0.2, 0) is 34.0 Å². The average Bonchev–Trinajstić information content (AvgIpc) is 2.97. The van der Waals surface area contributed by atoms with Gasteiger partial charge in [0, 0.05) is 11.8 Å². The van der Waals surface area contributed by atoms with E-state index in [4.69, 9.17) is 19.9 Å². The molecule has 0 amide bonds. The van der Waals surface area contributed by atoms with Crippen LogP contribution in [0.5, 0.6) is 0 Å². The van der Waals surface area contributed by atoms with Gasteiger partial charge in [0.15, 0.2) is 0 Å². The molecule has 0 unspecified atom stereocenters. The lowest BCUT2D eigenvalue weighted by Gasteiger charge is -2.31. The lowest BCUT2D eigenvalue weighted by Crippen LogP contribution is -2.39. The van der Waals surface area contributed by atoms with Crippen molar-refractivity contribution in [2.75, 3.05) is 12.3 Å². The Balaban J connectivity index is 1.59. The second kappa shape index (κ2) is 14.0. The Labute approximate surface area is 223 Å². The van der Waals surface area contributed by atoms with E-state index in [0.717, 1.165) is 16.7 Å². The highest BCUT2D eigenvalue weighted by Gasteiger charge is 2.33. The number of nitrogen functional groups attached to an aromatic ring is 1. The van der Waals surface area contributed by atoms with Gasteiger partial charge in [-0.2, -0.15) is 5.26 Å². The second-order valence-electron chi connectivity index (χ2n) is 8.86. The number of benzene rings is 3. The van der Waals surface area contributed by atoms with Crippen molar-refractivity contribution in [3.8, 4) is 6.07 Å². The first kappa shape index (κ1) is 27.0. The molecular formula is C31H31N3O4. The van der Waals surface area contributed by atoms with Gasteiger partial charge in [-0.25, -0.2) is 4.98 Å². The number of anilines is 1. The van der Waals surface area contributed by atoms with E-state index in [1.54, 1.807) is 12.3 Å². The van der Waals surface area contributed by atoms with Crippen LogP contribution >= 0.6 is 0 Å². The van der Waals surface area contributed by atoms with Gasteiger partial charge in [0.2, 0.25) is 0 Å². The fourth-order valence-electron chi connectivity index (χ4n) is 4.01. The number of hydrogen-bond donors (Lipinski definition) is 2. The quantitative estimate of drug-likeness (QED) is 0.262. The van der Waals surface area contributed by atoms with E-state index >= 15 is 0 Å². The van der Waals surface area contributed by atoms with Crippen LogP contribution in [0.3, 0.4) is 0 Å². The summed E-state index contributed by atoms with van der Waals surface area (Å²) in [5.74, 6) is 0.131. The van der Waals surface area contributed by atoms with E-state index < -0.39 is 18.3 Å². The van der Waals surface area contributed by atoms with Crippen LogP contribution in [0.2, 0.25) is 0 Å². The third-order valence-corrected chi connectivity index (χ3v) is 6.02. The van der Waals surface area contributed by atoms with Crippen molar-refractivity contribution in [2.24, 2.45) is 0 Å². The van der Waals surface area contributed by atoms with Gasteiger partial charge >= 0.3 is 0 Å². The normalized spacial score (nSPS) is 13.4. The van der Waals surface area contributed by atoms with Gasteiger partial charge in [0.25, 0.3) is 0 Å². The first-order valence-electron chi connectivity index (χ1n) is 12.4. The zero-order chi connectivity index (χ0) is 26.6. The number of hydrogen-bond acceptors (Lipinski definition) is 7. The van der Waals surface area contributed by atoms with Crippen LogP contribution in [0.15, 0.2) is 103 Å². The Kier molecular flexibility index (Phi) is 9.96. The fourth-order valence-corrected chi connectivity index (χ4v) is 4.01. The summed E-state index contributed by atoms with van der Waals surface area (Å²) < 4.78 is 18.5. The molecule has 0 radical (unpaired) electrons. The van der Waals surface area contributed by atoms with Crippen molar-refractivity contribution in [1.82, 2.24) is 4.98 Å². The first-order chi connectivity index (χ1) is 18.6. The van der Waals surface area contributed by atoms with Crippen molar-refractivity contribution in [3.63, 3.8) is 0 Å². The number of ether oxygens (including phenoxy) is 3. The number of nitrogens with zero attached hydrogens (tertiary/aromatic N) is 2. The predicted octanol–water partition coefficient (Wildman–Crippen LogP) is 4.96. The number of nitrogens with two attached hydrogens (primary N) is 1. The van der Waals surface area contributed by atoms with E-state index in [0.29, 0.717) is 12.2 Å². The molecule has 3 aromatic carbocycles. The van der Waals surface area contributed by atoms with Crippen molar-refractivity contribution in [3.05, 3.63) is 131 Å². The number of pyridine rings is 1. The largest absolute Gasteiger partial charge is 0.388 e. The van der Waals surface area contributed by atoms with Gasteiger partial charge in [-0.1, -0.05) is 91.0 Å². The Hall–Kier alpha value is -4.06. The van der Waals surface area contributed by atoms with Crippen LogP contribution < -0.4 is 5.73 Å². The molecule has 7 heteroatoms. The molecule has 0 saturated carbocycles. The molecule has 3 atom stereocenters. The van der Waals surface area contributed by atoms with Crippen molar-refractivity contribution in [1.29, 1.82) is 5.26 Å². The molecule has 194 valence electrons. The number of nitriles is 1. The molecule has 4 rings (SSSR count). The number of aromatic nitrogens is 1. The summed E-state index contributed by atoms with van der Waals surface area (Å²) in [5, 5.41) is 20.9. The third-order valence-electron chi connectivity index (χ3n) is 6.02. The molecule has 0 fully saturated rings. The molecule has 7 nitrogen and oxygen atoms in total. The van der Waals surface area contributed by atoms with Gasteiger partial charge in [0.1, 0.15) is 30.2 Å². The minimum Gasteiger partial charge on any atom is -0.388 e. The molecule has 0 aliphatic heterocycles. The van der Waals surface area contributed by atoms with Gasteiger partial charge in [0.05, 0.1) is 32.0 Å². The topological polar surface area (TPSA) is 111 Å². The molecule has 38 heavy (non-hydrogen) atoms. The Morgan fingerprint density at radius 1 is 0.789 bits per heavy atom. The summed E-state index contributed by atoms with van der Waals surface area (Å²) in [4.78, 5) is 4.19. The Bertz CT molecular complexity index is 1300. The monoisotopic (exact) mass is 509 g/mol.